The van der Waals surface area contributed by atoms with Gasteiger partial charge in [0.15, 0.2) is 0 Å². The third-order valence-corrected chi connectivity index (χ3v) is 6.12. The third kappa shape index (κ3) is 4.64. The number of nitro benzene ring substituents is 3. The lowest BCUT2D eigenvalue weighted by Crippen LogP contribution is -2.12. The van der Waals surface area contributed by atoms with Gasteiger partial charge in [0.25, 0.3) is 17.1 Å². The van der Waals surface area contributed by atoms with Crippen LogP contribution < -0.4 is 5.32 Å². The van der Waals surface area contributed by atoms with Crippen molar-refractivity contribution < 1.29 is 27.9 Å². The first kappa shape index (κ1) is 23.0. The average molecular weight is 609 g/mol. The van der Waals surface area contributed by atoms with E-state index in [9.17, 15) is 43.5 Å². The molecule has 0 bridgehead atoms. The molecule has 29 heavy (non-hydrogen) atoms. The van der Waals surface area contributed by atoms with E-state index in [-0.39, 0.29) is 25.2 Å². The molecule has 2 aromatic rings. The normalized spacial score (nSPS) is 11.2. The lowest BCUT2D eigenvalue weighted by molar-refractivity contribution is -0.394. The molecule has 0 atom stereocenters. The highest BCUT2D eigenvalue weighted by atomic mass is 79.9. The molecule has 2 aromatic carbocycles. The van der Waals surface area contributed by atoms with Crippen molar-refractivity contribution in [2.24, 2.45) is 0 Å². The summed E-state index contributed by atoms with van der Waals surface area (Å²) >= 11 is 8.80. The van der Waals surface area contributed by atoms with Gasteiger partial charge in [-0.05, 0) is 53.9 Å². The molecule has 0 saturated carbocycles. The minimum atomic E-state index is -5.18. The molecule has 0 fully saturated rings. The number of nitro groups is 3. The molecule has 154 valence electrons. The molecule has 1 N–H and O–H groups in total. The molecule has 0 aliphatic rings. The second kappa shape index (κ2) is 8.19. The van der Waals surface area contributed by atoms with E-state index in [2.05, 4.69) is 53.1 Å². The van der Waals surface area contributed by atoms with Crippen molar-refractivity contribution in [2.45, 2.75) is 6.18 Å². The second-order valence-corrected chi connectivity index (χ2v) is 7.60. The molecule has 16 heteroatoms. The summed E-state index contributed by atoms with van der Waals surface area (Å²) in [5, 5.41) is 35.5. The predicted molar refractivity (Wildman–Crippen MR) is 104 cm³/mol. The first-order chi connectivity index (χ1) is 13.3. The Morgan fingerprint density at radius 2 is 1.45 bits per heavy atom. The Kier molecular flexibility index (Phi) is 6.48. The summed E-state index contributed by atoms with van der Waals surface area (Å²) < 4.78 is 40.0. The number of rotatable bonds is 5. The molecular weight excluding hydrogens is 605 g/mol. The molecule has 0 amide bonds. The molecule has 0 aliphatic heterocycles. The Hall–Kier alpha value is -2.33. The van der Waals surface area contributed by atoms with Crippen LogP contribution in [0.2, 0.25) is 0 Å². The van der Waals surface area contributed by atoms with Gasteiger partial charge in [0.05, 0.1) is 41.0 Å². The van der Waals surface area contributed by atoms with Crippen LogP contribution in [0.5, 0.6) is 0 Å². The van der Waals surface area contributed by atoms with Crippen molar-refractivity contribution >= 4 is 76.2 Å². The van der Waals surface area contributed by atoms with E-state index in [4.69, 9.17) is 0 Å². The number of alkyl halides is 3. The molecule has 0 spiro atoms. The Bertz CT molecular complexity index is 1060. The number of benzene rings is 2. The summed E-state index contributed by atoms with van der Waals surface area (Å²) in [7, 11) is 0. The summed E-state index contributed by atoms with van der Waals surface area (Å²) in [4.78, 5) is 30.1. The van der Waals surface area contributed by atoms with Gasteiger partial charge in [0.1, 0.15) is 10.2 Å². The van der Waals surface area contributed by atoms with Crippen LogP contribution >= 0.6 is 47.8 Å². The Labute approximate surface area is 182 Å². The largest absolute Gasteiger partial charge is 0.418 e. The summed E-state index contributed by atoms with van der Waals surface area (Å²) in [6, 6.07) is 1.55. The monoisotopic (exact) mass is 606 g/mol. The van der Waals surface area contributed by atoms with E-state index in [0.717, 1.165) is 6.07 Å². The smallest absolute Gasteiger partial charge is 0.348 e. The maximum atomic E-state index is 13.5. The van der Waals surface area contributed by atoms with Gasteiger partial charge >= 0.3 is 6.18 Å². The molecule has 10 nitrogen and oxygen atoms in total. The number of nitrogens with one attached hydrogen (secondary N) is 1. The van der Waals surface area contributed by atoms with Crippen molar-refractivity contribution in [2.75, 3.05) is 5.32 Å². The van der Waals surface area contributed by atoms with Crippen molar-refractivity contribution in [1.29, 1.82) is 0 Å². The minimum absolute atomic E-state index is 0.104. The van der Waals surface area contributed by atoms with Crippen LogP contribution in [-0.4, -0.2) is 14.8 Å². The van der Waals surface area contributed by atoms with E-state index < -0.39 is 49.3 Å². The summed E-state index contributed by atoms with van der Waals surface area (Å²) in [6.07, 6.45) is -5.18. The summed E-state index contributed by atoms with van der Waals surface area (Å²) in [5.74, 6) is 0. The van der Waals surface area contributed by atoms with Crippen LogP contribution in [0.1, 0.15) is 5.56 Å². The highest BCUT2D eigenvalue weighted by Crippen LogP contribution is 2.47. The summed E-state index contributed by atoms with van der Waals surface area (Å²) in [6.45, 7) is 0. The molecule has 2 rings (SSSR count). The van der Waals surface area contributed by atoms with Crippen molar-refractivity contribution in [3.63, 3.8) is 0 Å². The Balaban J connectivity index is 2.80. The zero-order chi connectivity index (χ0) is 22.3. The molecular formula is C13H4Br3F3N4O6. The first-order valence-corrected chi connectivity index (χ1v) is 9.26. The zero-order valence-electron chi connectivity index (χ0n) is 13.3. The fourth-order valence-corrected chi connectivity index (χ4v) is 4.01. The number of halogens is 6. The van der Waals surface area contributed by atoms with E-state index in [1.807, 2.05) is 0 Å². The molecule has 0 aliphatic carbocycles. The van der Waals surface area contributed by atoms with Crippen LogP contribution in [0.4, 0.5) is 41.6 Å². The van der Waals surface area contributed by atoms with Crippen LogP contribution in [0.15, 0.2) is 31.6 Å². The van der Waals surface area contributed by atoms with Crippen molar-refractivity contribution in [3.8, 4) is 0 Å². The number of anilines is 2. The van der Waals surface area contributed by atoms with Crippen LogP contribution in [0, 0.1) is 30.3 Å². The number of hydrogen-bond donors (Lipinski definition) is 1. The van der Waals surface area contributed by atoms with Gasteiger partial charge in [-0.15, -0.1) is 0 Å². The lowest BCUT2D eigenvalue weighted by atomic mass is 10.1. The van der Waals surface area contributed by atoms with Gasteiger partial charge < -0.3 is 5.32 Å². The topological polar surface area (TPSA) is 141 Å². The standard InChI is InChI=1S/C13H4Br3F3N4O6/c14-6-3-7(9(15)10(16)12(6)23(28)29)20-11-5(13(17,18)19)1-4(21(24)25)2-8(11)22(26)27/h1-3,20H. The van der Waals surface area contributed by atoms with Crippen molar-refractivity contribution in [1.82, 2.24) is 0 Å². The molecule has 0 radical (unpaired) electrons. The number of hydrogen-bond acceptors (Lipinski definition) is 7. The third-order valence-electron chi connectivity index (χ3n) is 3.39. The first-order valence-electron chi connectivity index (χ1n) is 6.88. The van der Waals surface area contributed by atoms with Crippen molar-refractivity contribution in [3.05, 3.63) is 67.5 Å². The minimum Gasteiger partial charge on any atom is -0.348 e. The van der Waals surface area contributed by atoms with E-state index >= 15 is 0 Å². The van der Waals surface area contributed by atoms with E-state index in [1.54, 1.807) is 0 Å². The van der Waals surface area contributed by atoms with Crippen LogP contribution in [0.25, 0.3) is 0 Å². The van der Waals surface area contributed by atoms with Gasteiger partial charge in [0, 0.05) is 6.07 Å². The number of non-ortho nitro benzene ring substituents is 1. The van der Waals surface area contributed by atoms with E-state index in [0.29, 0.717) is 6.07 Å². The molecule has 0 heterocycles. The summed E-state index contributed by atoms with van der Waals surface area (Å²) in [5.41, 5.74) is -5.71. The van der Waals surface area contributed by atoms with E-state index in [1.165, 1.54) is 0 Å². The van der Waals surface area contributed by atoms with Gasteiger partial charge in [-0.3, -0.25) is 30.3 Å². The SMILES string of the molecule is O=[N+]([O-])c1cc([N+](=O)[O-])c(Nc2cc(Br)c([N+](=O)[O-])c(Br)c2Br)c(C(F)(F)F)c1. The van der Waals surface area contributed by atoms with Gasteiger partial charge in [0.2, 0.25) is 0 Å². The lowest BCUT2D eigenvalue weighted by Gasteiger charge is -2.16. The van der Waals surface area contributed by atoms with Gasteiger partial charge in [-0.1, -0.05) is 0 Å². The highest BCUT2D eigenvalue weighted by Gasteiger charge is 2.40. The molecule has 0 aromatic heterocycles. The molecule has 0 saturated heterocycles. The average Bonchev–Trinajstić information content (AvgIpc) is 2.57. The van der Waals surface area contributed by atoms with Gasteiger partial charge in [-0.25, -0.2) is 0 Å². The maximum absolute atomic E-state index is 13.5. The fourth-order valence-electron chi connectivity index (χ4n) is 2.19. The predicted octanol–water partition coefficient (Wildman–Crippen LogP) is 6.46. The maximum Gasteiger partial charge on any atom is 0.418 e. The fraction of sp³-hybridized carbons (Fsp3) is 0.0769. The van der Waals surface area contributed by atoms with Crippen LogP contribution in [-0.2, 0) is 6.18 Å². The second-order valence-electron chi connectivity index (χ2n) is 5.16. The Morgan fingerprint density at radius 3 is 1.90 bits per heavy atom. The van der Waals surface area contributed by atoms with Crippen LogP contribution in [0.3, 0.4) is 0 Å². The Morgan fingerprint density at radius 1 is 0.862 bits per heavy atom. The number of nitrogens with zero attached hydrogens (tertiary/aromatic N) is 3. The highest BCUT2D eigenvalue weighted by molar-refractivity contribution is 9.13. The quantitative estimate of drug-likeness (QED) is 0.233. The molecule has 0 unspecified atom stereocenters. The van der Waals surface area contributed by atoms with Gasteiger partial charge in [-0.2, -0.15) is 13.2 Å². The zero-order valence-corrected chi connectivity index (χ0v) is 18.0.